The lowest BCUT2D eigenvalue weighted by atomic mass is 10.0. The van der Waals surface area contributed by atoms with Crippen molar-refractivity contribution < 1.29 is 19.1 Å². The Labute approximate surface area is 283 Å². The Hall–Kier alpha value is -4.30. The highest BCUT2D eigenvalue weighted by molar-refractivity contribution is 7.19. The fourth-order valence-electron chi connectivity index (χ4n) is 5.18. The van der Waals surface area contributed by atoms with Crippen molar-refractivity contribution in [1.82, 2.24) is 15.3 Å². The summed E-state index contributed by atoms with van der Waals surface area (Å²) in [6.07, 6.45) is 19.8. The van der Waals surface area contributed by atoms with Crippen LogP contribution in [-0.2, 0) is 14.3 Å². The van der Waals surface area contributed by atoms with Crippen LogP contribution in [0, 0.1) is 0 Å². The number of aromatic nitrogens is 2. The van der Waals surface area contributed by atoms with E-state index < -0.39 is 5.97 Å². The Morgan fingerprint density at radius 1 is 0.809 bits per heavy atom. The summed E-state index contributed by atoms with van der Waals surface area (Å²) in [5.74, 6) is 0.114. The van der Waals surface area contributed by atoms with Gasteiger partial charge in [0.2, 0.25) is 5.91 Å². The first-order valence-corrected chi connectivity index (χ1v) is 17.8. The van der Waals surface area contributed by atoms with Gasteiger partial charge in [0, 0.05) is 36.1 Å². The number of amides is 1. The molecule has 0 aliphatic heterocycles. The maximum absolute atomic E-state index is 12.4. The molecular formula is C39H47N3O4S. The quantitative estimate of drug-likeness (QED) is 0.0580. The van der Waals surface area contributed by atoms with E-state index in [4.69, 9.17) is 14.5 Å². The van der Waals surface area contributed by atoms with Gasteiger partial charge in [0.25, 0.3) is 0 Å². The number of carbonyl (C=O) groups excluding carboxylic acids is 2. The number of hydrogen-bond donors (Lipinski definition) is 1. The molecule has 0 radical (unpaired) electrons. The van der Waals surface area contributed by atoms with E-state index in [9.17, 15) is 9.59 Å². The first-order valence-electron chi connectivity index (χ1n) is 16.9. The van der Waals surface area contributed by atoms with Gasteiger partial charge in [0.15, 0.2) is 6.61 Å². The Bertz CT molecular complexity index is 1530. The third-order valence-corrected chi connectivity index (χ3v) is 8.91. The summed E-state index contributed by atoms with van der Waals surface area (Å²) in [7, 11) is 0. The van der Waals surface area contributed by atoms with Crippen LogP contribution in [0.3, 0.4) is 0 Å². The second-order valence-corrected chi connectivity index (χ2v) is 12.5. The summed E-state index contributed by atoms with van der Waals surface area (Å²) in [5.41, 5.74) is 4.70. The zero-order chi connectivity index (χ0) is 33.1. The molecule has 1 amide bonds. The molecule has 47 heavy (non-hydrogen) atoms. The maximum atomic E-state index is 12.4. The third-order valence-electron chi connectivity index (χ3n) is 7.76. The fraction of sp³-hybridized carbons (Fsp3) is 0.385. The van der Waals surface area contributed by atoms with Crippen LogP contribution in [0.1, 0.15) is 83.6 Å². The number of benzene rings is 2. The fourth-order valence-corrected chi connectivity index (χ4v) is 6.26. The Morgan fingerprint density at radius 2 is 1.49 bits per heavy atom. The van der Waals surface area contributed by atoms with E-state index in [0.29, 0.717) is 18.9 Å². The summed E-state index contributed by atoms with van der Waals surface area (Å²) in [6.45, 7) is 4.91. The van der Waals surface area contributed by atoms with Crippen molar-refractivity contribution >= 4 is 29.3 Å². The summed E-state index contributed by atoms with van der Waals surface area (Å²) < 4.78 is 10.5. The number of carbonyl (C=O) groups is 2. The smallest absolute Gasteiger partial charge is 0.344 e. The van der Waals surface area contributed by atoms with Gasteiger partial charge in [-0.15, -0.1) is 11.3 Å². The highest BCUT2D eigenvalue weighted by atomic mass is 32.1. The molecule has 2 aromatic carbocycles. The maximum Gasteiger partial charge on any atom is 0.344 e. The molecule has 4 rings (SSSR count). The lowest BCUT2D eigenvalue weighted by molar-refractivity contribution is -0.145. The normalized spacial score (nSPS) is 11.1. The molecule has 2 heterocycles. The number of unbranched alkanes of at least 4 members (excludes halogenated alkanes) is 9. The van der Waals surface area contributed by atoms with Crippen molar-refractivity contribution in [3.63, 3.8) is 0 Å². The zero-order valence-electron chi connectivity index (χ0n) is 27.7. The third kappa shape index (κ3) is 12.1. The van der Waals surface area contributed by atoms with Crippen LogP contribution >= 0.6 is 11.3 Å². The Balaban J connectivity index is 1.34. The van der Waals surface area contributed by atoms with Gasteiger partial charge >= 0.3 is 5.97 Å². The SMILES string of the molecule is CCCCCCCCCCCCNC(=O)/C=C/c1ccc(-c2sc(-c3cccnc3)nc2-c2ccc(OCC(=O)OCC)cc2)cc1. The van der Waals surface area contributed by atoms with E-state index in [1.807, 2.05) is 60.8 Å². The monoisotopic (exact) mass is 653 g/mol. The van der Waals surface area contributed by atoms with Gasteiger partial charge in [-0.2, -0.15) is 0 Å². The first kappa shape index (κ1) is 35.6. The van der Waals surface area contributed by atoms with Crippen molar-refractivity contribution in [3.8, 4) is 38.0 Å². The Kier molecular flexibility index (Phi) is 15.2. The van der Waals surface area contributed by atoms with E-state index in [1.165, 1.54) is 51.4 Å². The average Bonchev–Trinajstić information content (AvgIpc) is 3.55. The molecule has 4 aromatic rings. The molecule has 0 saturated carbocycles. The van der Waals surface area contributed by atoms with Crippen molar-refractivity contribution in [2.24, 2.45) is 0 Å². The second kappa shape index (κ2) is 20.0. The number of esters is 1. The van der Waals surface area contributed by atoms with Crippen molar-refractivity contribution in [2.75, 3.05) is 19.8 Å². The molecule has 0 unspecified atom stereocenters. The molecule has 248 valence electrons. The van der Waals surface area contributed by atoms with Crippen LogP contribution in [0.5, 0.6) is 5.75 Å². The number of thiazole rings is 1. The molecule has 1 N–H and O–H groups in total. The van der Waals surface area contributed by atoms with Gasteiger partial charge in [0.05, 0.1) is 17.2 Å². The molecule has 0 aliphatic carbocycles. The number of nitrogens with zero attached hydrogens (tertiary/aromatic N) is 2. The molecule has 0 fully saturated rings. The molecule has 0 atom stereocenters. The number of ether oxygens (including phenoxy) is 2. The molecule has 0 aliphatic rings. The summed E-state index contributed by atoms with van der Waals surface area (Å²) in [4.78, 5) is 34.4. The van der Waals surface area contributed by atoms with Crippen LogP contribution in [0.15, 0.2) is 79.1 Å². The largest absolute Gasteiger partial charge is 0.482 e. The van der Waals surface area contributed by atoms with Crippen LogP contribution in [0.25, 0.3) is 38.3 Å². The zero-order valence-corrected chi connectivity index (χ0v) is 28.5. The van der Waals surface area contributed by atoms with E-state index in [0.717, 1.165) is 50.7 Å². The number of pyridine rings is 1. The summed E-state index contributed by atoms with van der Waals surface area (Å²) in [6, 6.07) is 19.6. The molecular weight excluding hydrogens is 607 g/mol. The predicted molar refractivity (Wildman–Crippen MR) is 192 cm³/mol. The van der Waals surface area contributed by atoms with Gasteiger partial charge in [-0.1, -0.05) is 89.0 Å². The van der Waals surface area contributed by atoms with Gasteiger partial charge in [-0.05, 0) is 66.9 Å². The van der Waals surface area contributed by atoms with Crippen LogP contribution < -0.4 is 10.1 Å². The van der Waals surface area contributed by atoms with Crippen LogP contribution in [0.2, 0.25) is 0 Å². The predicted octanol–water partition coefficient (Wildman–Crippen LogP) is 9.53. The Morgan fingerprint density at radius 3 is 2.15 bits per heavy atom. The molecule has 2 aromatic heterocycles. The standard InChI is InChI=1S/C39H47N3O4S/c1-3-5-6-7-8-9-10-11-12-13-27-41-35(43)25-18-30-16-19-32(20-17-30)38-37(42-39(47-38)33-15-14-26-40-28-33)31-21-23-34(24-22-31)46-29-36(44)45-4-2/h14-26,28H,3-13,27,29H2,1-2H3,(H,41,43)/b25-18+. The molecule has 0 saturated heterocycles. The molecule has 8 heteroatoms. The molecule has 0 bridgehead atoms. The number of rotatable bonds is 20. The van der Waals surface area contributed by atoms with Crippen molar-refractivity contribution in [1.29, 1.82) is 0 Å². The average molecular weight is 654 g/mol. The summed E-state index contributed by atoms with van der Waals surface area (Å²) in [5, 5.41) is 3.88. The molecule has 7 nitrogen and oxygen atoms in total. The van der Waals surface area contributed by atoms with Gasteiger partial charge < -0.3 is 14.8 Å². The van der Waals surface area contributed by atoms with E-state index in [2.05, 4.69) is 29.4 Å². The summed E-state index contributed by atoms with van der Waals surface area (Å²) >= 11 is 1.60. The lowest BCUT2D eigenvalue weighted by Crippen LogP contribution is -2.21. The number of nitrogens with one attached hydrogen (secondary N) is 1. The van der Waals surface area contributed by atoms with Gasteiger partial charge in [-0.25, -0.2) is 9.78 Å². The van der Waals surface area contributed by atoms with Crippen LogP contribution in [0.4, 0.5) is 0 Å². The number of hydrogen-bond acceptors (Lipinski definition) is 7. The van der Waals surface area contributed by atoms with E-state index in [1.54, 1.807) is 30.5 Å². The van der Waals surface area contributed by atoms with E-state index >= 15 is 0 Å². The van der Waals surface area contributed by atoms with Crippen LogP contribution in [-0.4, -0.2) is 41.6 Å². The van der Waals surface area contributed by atoms with E-state index in [-0.39, 0.29) is 12.5 Å². The minimum absolute atomic E-state index is 0.0643. The highest BCUT2D eigenvalue weighted by Crippen LogP contribution is 2.41. The van der Waals surface area contributed by atoms with Crippen molar-refractivity contribution in [2.45, 2.75) is 78.1 Å². The minimum Gasteiger partial charge on any atom is -0.482 e. The molecule has 0 spiro atoms. The topological polar surface area (TPSA) is 90.4 Å². The minimum atomic E-state index is -0.400. The first-order chi connectivity index (χ1) is 23.1. The second-order valence-electron chi connectivity index (χ2n) is 11.5. The lowest BCUT2D eigenvalue weighted by Gasteiger charge is -2.07. The highest BCUT2D eigenvalue weighted by Gasteiger charge is 2.17. The van der Waals surface area contributed by atoms with Gasteiger partial charge in [-0.3, -0.25) is 9.78 Å². The van der Waals surface area contributed by atoms with Crippen molar-refractivity contribution in [3.05, 3.63) is 84.7 Å². The van der Waals surface area contributed by atoms with Gasteiger partial charge in [0.1, 0.15) is 10.8 Å².